The largest absolute Gasteiger partial charge is 0.478 e. The molecule has 94 valence electrons. The molecule has 0 spiro atoms. The van der Waals surface area contributed by atoms with Gasteiger partial charge < -0.3 is 15.0 Å². The standard InChI is InChI=1S/C12H12FN3O2/c1-2-16-6-5-14-12(16)15-8-3-4-9(11(17)18)10(13)7-8/h3-7H,2H2,1H3,(H,14,15)(H,17,18). The van der Waals surface area contributed by atoms with Gasteiger partial charge in [-0.15, -0.1) is 0 Å². The first-order chi connectivity index (χ1) is 8.61. The highest BCUT2D eigenvalue weighted by atomic mass is 19.1. The number of nitrogens with one attached hydrogen (secondary N) is 1. The quantitative estimate of drug-likeness (QED) is 0.873. The second-order valence-electron chi connectivity index (χ2n) is 3.66. The lowest BCUT2D eigenvalue weighted by Gasteiger charge is -2.08. The maximum Gasteiger partial charge on any atom is 0.338 e. The van der Waals surface area contributed by atoms with Crippen molar-refractivity contribution in [2.24, 2.45) is 0 Å². The Balaban J connectivity index is 2.25. The van der Waals surface area contributed by atoms with Crippen molar-refractivity contribution in [1.82, 2.24) is 9.55 Å². The average Bonchev–Trinajstić information content (AvgIpc) is 2.76. The number of hydrogen-bond donors (Lipinski definition) is 2. The van der Waals surface area contributed by atoms with Crippen molar-refractivity contribution in [3.05, 3.63) is 42.0 Å². The van der Waals surface area contributed by atoms with Crippen molar-refractivity contribution in [3.63, 3.8) is 0 Å². The molecule has 0 radical (unpaired) electrons. The van der Waals surface area contributed by atoms with E-state index in [9.17, 15) is 9.18 Å². The summed E-state index contributed by atoms with van der Waals surface area (Å²) in [6, 6.07) is 3.86. The summed E-state index contributed by atoms with van der Waals surface area (Å²) >= 11 is 0. The molecule has 0 unspecified atom stereocenters. The van der Waals surface area contributed by atoms with Crippen molar-refractivity contribution in [2.75, 3.05) is 5.32 Å². The number of aromatic nitrogens is 2. The van der Waals surface area contributed by atoms with Gasteiger partial charge in [0.1, 0.15) is 5.82 Å². The van der Waals surface area contributed by atoms with E-state index in [0.717, 1.165) is 12.6 Å². The van der Waals surface area contributed by atoms with Gasteiger partial charge in [0, 0.05) is 24.6 Å². The molecule has 1 aromatic carbocycles. The van der Waals surface area contributed by atoms with Crippen LogP contribution in [0.1, 0.15) is 17.3 Å². The van der Waals surface area contributed by atoms with Crippen LogP contribution < -0.4 is 5.32 Å². The van der Waals surface area contributed by atoms with Gasteiger partial charge in [-0.1, -0.05) is 0 Å². The molecule has 0 aliphatic heterocycles. The molecule has 1 aromatic heterocycles. The lowest BCUT2D eigenvalue weighted by molar-refractivity contribution is 0.0692. The van der Waals surface area contributed by atoms with Gasteiger partial charge in [0.05, 0.1) is 5.56 Å². The Kier molecular flexibility index (Phi) is 3.27. The second kappa shape index (κ2) is 4.87. The highest BCUT2D eigenvalue weighted by Crippen LogP contribution is 2.18. The van der Waals surface area contributed by atoms with Crippen molar-refractivity contribution in [2.45, 2.75) is 13.5 Å². The molecule has 0 saturated heterocycles. The summed E-state index contributed by atoms with van der Waals surface area (Å²) in [6.45, 7) is 2.69. The smallest absolute Gasteiger partial charge is 0.338 e. The van der Waals surface area contributed by atoms with Crippen LogP contribution in [0.3, 0.4) is 0 Å². The summed E-state index contributed by atoms with van der Waals surface area (Å²) in [6.07, 6.45) is 3.43. The van der Waals surface area contributed by atoms with Crippen molar-refractivity contribution in [3.8, 4) is 0 Å². The number of halogens is 1. The number of carboxylic acid groups (broad SMARTS) is 1. The normalized spacial score (nSPS) is 10.3. The van der Waals surface area contributed by atoms with Gasteiger partial charge in [-0.25, -0.2) is 14.2 Å². The fraction of sp³-hybridized carbons (Fsp3) is 0.167. The van der Waals surface area contributed by atoms with E-state index in [1.54, 1.807) is 12.4 Å². The van der Waals surface area contributed by atoms with Crippen LogP contribution in [0.4, 0.5) is 16.0 Å². The van der Waals surface area contributed by atoms with Gasteiger partial charge in [-0.3, -0.25) is 0 Å². The van der Waals surface area contributed by atoms with E-state index in [4.69, 9.17) is 5.11 Å². The molecular formula is C12H12FN3O2. The molecule has 0 aliphatic rings. The fourth-order valence-corrected chi connectivity index (χ4v) is 1.58. The molecule has 0 saturated carbocycles. The number of rotatable bonds is 4. The number of nitrogens with zero attached hydrogens (tertiary/aromatic N) is 2. The maximum absolute atomic E-state index is 13.5. The number of imidazole rings is 1. The molecule has 0 atom stereocenters. The lowest BCUT2D eigenvalue weighted by Crippen LogP contribution is -2.04. The first-order valence-electron chi connectivity index (χ1n) is 5.43. The topological polar surface area (TPSA) is 67.2 Å². The molecule has 0 aliphatic carbocycles. The number of carbonyl (C=O) groups is 1. The molecule has 2 rings (SSSR count). The van der Waals surface area contributed by atoms with Gasteiger partial charge in [0.25, 0.3) is 0 Å². The number of benzene rings is 1. The number of aryl methyl sites for hydroxylation is 1. The summed E-state index contributed by atoms with van der Waals surface area (Å²) in [7, 11) is 0. The van der Waals surface area contributed by atoms with Gasteiger partial charge in [-0.2, -0.15) is 0 Å². The van der Waals surface area contributed by atoms with Crippen LogP contribution in [-0.2, 0) is 6.54 Å². The van der Waals surface area contributed by atoms with Gasteiger partial charge in [-0.05, 0) is 25.1 Å². The zero-order valence-electron chi connectivity index (χ0n) is 9.72. The van der Waals surface area contributed by atoms with E-state index in [0.29, 0.717) is 11.6 Å². The fourth-order valence-electron chi connectivity index (χ4n) is 1.58. The number of anilines is 2. The maximum atomic E-state index is 13.5. The summed E-state index contributed by atoms with van der Waals surface area (Å²) in [5.74, 6) is -1.48. The summed E-state index contributed by atoms with van der Waals surface area (Å²) in [5, 5.41) is 11.6. The highest BCUT2D eigenvalue weighted by molar-refractivity contribution is 5.88. The molecule has 0 bridgehead atoms. The third kappa shape index (κ3) is 2.32. The SMILES string of the molecule is CCn1ccnc1Nc1ccc(C(=O)O)c(F)c1. The molecule has 0 amide bonds. The minimum atomic E-state index is -1.28. The number of carboxylic acids is 1. The first-order valence-corrected chi connectivity index (χ1v) is 5.43. The third-order valence-electron chi connectivity index (χ3n) is 2.51. The zero-order chi connectivity index (χ0) is 13.1. The summed E-state index contributed by atoms with van der Waals surface area (Å²) in [4.78, 5) is 14.8. The molecular weight excluding hydrogens is 237 g/mol. The van der Waals surface area contributed by atoms with Crippen molar-refractivity contribution in [1.29, 1.82) is 0 Å². The van der Waals surface area contributed by atoms with Crippen molar-refractivity contribution < 1.29 is 14.3 Å². The van der Waals surface area contributed by atoms with Crippen LogP contribution >= 0.6 is 0 Å². The molecule has 0 fully saturated rings. The van der Waals surface area contributed by atoms with Gasteiger partial charge in [0.2, 0.25) is 5.95 Å². The molecule has 2 N–H and O–H groups in total. The minimum Gasteiger partial charge on any atom is -0.478 e. The third-order valence-corrected chi connectivity index (χ3v) is 2.51. The van der Waals surface area contributed by atoms with Crippen LogP contribution in [0.15, 0.2) is 30.6 Å². The highest BCUT2D eigenvalue weighted by Gasteiger charge is 2.11. The molecule has 1 heterocycles. The van der Waals surface area contributed by atoms with E-state index in [2.05, 4.69) is 10.3 Å². The molecule has 2 aromatic rings. The lowest BCUT2D eigenvalue weighted by atomic mass is 10.2. The van der Waals surface area contributed by atoms with Crippen LogP contribution in [0, 0.1) is 5.82 Å². The Bertz CT molecular complexity index is 580. The van der Waals surface area contributed by atoms with E-state index in [1.807, 2.05) is 11.5 Å². The van der Waals surface area contributed by atoms with Crippen LogP contribution in [0.5, 0.6) is 0 Å². The number of hydrogen-bond acceptors (Lipinski definition) is 3. The monoisotopic (exact) mass is 249 g/mol. The second-order valence-corrected chi connectivity index (χ2v) is 3.66. The Labute approximate surface area is 103 Å². The van der Waals surface area contributed by atoms with E-state index in [-0.39, 0.29) is 5.56 Å². The van der Waals surface area contributed by atoms with Gasteiger partial charge >= 0.3 is 5.97 Å². The van der Waals surface area contributed by atoms with Crippen molar-refractivity contribution >= 4 is 17.6 Å². The number of aromatic carboxylic acids is 1. The van der Waals surface area contributed by atoms with Crippen LogP contribution in [0.2, 0.25) is 0 Å². The van der Waals surface area contributed by atoms with E-state index >= 15 is 0 Å². The Morgan fingerprint density at radius 2 is 2.33 bits per heavy atom. The van der Waals surface area contributed by atoms with E-state index < -0.39 is 11.8 Å². The predicted molar refractivity (Wildman–Crippen MR) is 64.5 cm³/mol. The first kappa shape index (κ1) is 12.1. The predicted octanol–water partition coefficient (Wildman–Crippen LogP) is 2.48. The Morgan fingerprint density at radius 1 is 1.56 bits per heavy atom. The van der Waals surface area contributed by atoms with Crippen LogP contribution in [-0.4, -0.2) is 20.6 Å². The molecule has 5 nitrogen and oxygen atoms in total. The Morgan fingerprint density at radius 3 is 2.94 bits per heavy atom. The average molecular weight is 249 g/mol. The summed E-state index contributed by atoms with van der Waals surface area (Å²) in [5.41, 5.74) is 0.109. The van der Waals surface area contributed by atoms with E-state index in [1.165, 1.54) is 12.1 Å². The van der Waals surface area contributed by atoms with Crippen LogP contribution in [0.25, 0.3) is 0 Å². The molecule has 18 heavy (non-hydrogen) atoms. The Hall–Kier alpha value is -2.37. The molecule has 6 heteroatoms. The zero-order valence-corrected chi connectivity index (χ0v) is 9.72. The summed E-state index contributed by atoms with van der Waals surface area (Å²) < 4.78 is 15.3. The minimum absolute atomic E-state index is 0.348. The van der Waals surface area contributed by atoms with Gasteiger partial charge in [0.15, 0.2) is 0 Å².